The lowest BCUT2D eigenvalue weighted by Crippen LogP contribution is -2.47. The molecule has 39 heavy (non-hydrogen) atoms. The van der Waals surface area contributed by atoms with E-state index in [1.165, 1.54) is 16.7 Å². The van der Waals surface area contributed by atoms with Gasteiger partial charge in [-0.05, 0) is 48.4 Å². The van der Waals surface area contributed by atoms with Gasteiger partial charge in [-0.1, -0.05) is 31.8 Å². The van der Waals surface area contributed by atoms with E-state index in [0.29, 0.717) is 41.6 Å². The Kier molecular flexibility index (Phi) is 6.98. The summed E-state index contributed by atoms with van der Waals surface area (Å²) in [7, 11) is -1.36. The van der Waals surface area contributed by atoms with Crippen molar-refractivity contribution in [1.29, 1.82) is 0 Å². The van der Waals surface area contributed by atoms with Crippen molar-refractivity contribution in [1.82, 2.24) is 14.8 Å². The number of ether oxygens (including phenoxy) is 1. The molecule has 1 atom stereocenters. The summed E-state index contributed by atoms with van der Waals surface area (Å²) in [5, 5.41) is 14.7. The Morgan fingerprint density at radius 2 is 1.85 bits per heavy atom. The van der Waals surface area contributed by atoms with E-state index in [0.717, 1.165) is 17.4 Å². The maximum atomic E-state index is 14.0. The number of halogens is 1. The van der Waals surface area contributed by atoms with Crippen molar-refractivity contribution >= 4 is 42.4 Å². The van der Waals surface area contributed by atoms with Gasteiger partial charge in [-0.3, -0.25) is 9.59 Å². The summed E-state index contributed by atoms with van der Waals surface area (Å²) in [4.78, 5) is 42.1. The second-order valence-electron chi connectivity index (χ2n) is 11.4. The number of rotatable bonds is 9. The number of hydrogen-bond acceptors (Lipinski definition) is 5. The number of benzene rings is 2. The Morgan fingerprint density at radius 1 is 1.10 bits per heavy atom. The second-order valence-corrected chi connectivity index (χ2v) is 17.0. The monoisotopic (exact) mass is 552 g/mol. The number of fused-ring (bicyclic) bond motifs is 1. The summed E-state index contributed by atoms with van der Waals surface area (Å²) < 4.78 is 21.0. The molecule has 3 aromatic rings. The van der Waals surface area contributed by atoms with Crippen LogP contribution in [0.15, 0.2) is 48.7 Å². The lowest BCUT2D eigenvalue weighted by molar-refractivity contribution is -0.135. The van der Waals surface area contributed by atoms with E-state index >= 15 is 0 Å². The van der Waals surface area contributed by atoms with E-state index in [1.54, 1.807) is 41.4 Å². The molecule has 2 saturated heterocycles. The fourth-order valence-electron chi connectivity index (χ4n) is 5.11. The fourth-order valence-corrected chi connectivity index (χ4v) is 5.87. The highest BCUT2D eigenvalue weighted by Gasteiger charge is 2.53. The molecule has 0 spiro atoms. The van der Waals surface area contributed by atoms with Crippen molar-refractivity contribution < 1.29 is 28.6 Å². The lowest BCUT2D eigenvalue weighted by Gasteiger charge is -2.29. The summed E-state index contributed by atoms with van der Waals surface area (Å²) >= 11 is 0. The van der Waals surface area contributed by atoms with Crippen LogP contribution >= 0.6 is 0 Å². The van der Waals surface area contributed by atoms with Gasteiger partial charge in [0, 0.05) is 50.3 Å². The molecule has 0 aliphatic carbocycles. The molecule has 2 aliphatic rings. The van der Waals surface area contributed by atoms with Crippen LogP contribution in [0.5, 0.6) is 5.88 Å². The third-order valence-electron chi connectivity index (χ3n) is 7.37. The molecular formula is C28H33FN4O5Si. The van der Waals surface area contributed by atoms with Crippen molar-refractivity contribution in [2.75, 3.05) is 24.8 Å². The number of anilines is 1. The molecule has 0 bridgehead atoms. The minimum absolute atomic E-state index is 0.0422. The zero-order valence-corrected chi connectivity index (χ0v) is 23.4. The van der Waals surface area contributed by atoms with Crippen molar-refractivity contribution in [3.63, 3.8) is 0 Å². The molecule has 5 rings (SSSR count). The van der Waals surface area contributed by atoms with Gasteiger partial charge >= 0.3 is 6.03 Å². The van der Waals surface area contributed by atoms with Crippen molar-refractivity contribution in [3.8, 4) is 5.88 Å². The van der Waals surface area contributed by atoms with Gasteiger partial charge in [-0.15, -0.1) is 0 Å². The minimum Gasteiger partial charge on any atom is -0.494 e. The number of aromatic hydroxyl groups is 1. The van der Waals surface area contributed by atoms with Crippen LogP contribution in [0, 0.1) is 5.82 Å². The third kappa shape index (κ3) is 5.16. The van der Waals surface area contributed by atoms with Crippen molar-refractivity contribution in [2.24, 2.45) is 0 Å². The van der Waals surface area contributed by atoms with Gasteiger partial charge in [0.25, 0.3) is 5.91 Å². The van der Waals surface area contributed by atoms with Crippen molar-refractivity contribution in [2.45, 2.75) is 50.6 Å². The van der Waals surface area contributed by atoms with Crippen LogP contribution in [-0.2, 0) is 26.4 Å². The maximum Gasteiger partial charge on any atom is 0.327 e. The van der Waals surface area contributed by atoms with Gasteiger partial charge in [0.2, 0.25) is 5.91 Å². The summed E-state index contributed by atoms with van der Waals surface area (Å²) in [6.07, 6.45) is 2.90. The van der Waals surface area contributed by atoms with Crippen LogP contribution in [0.2, 0.25) is 25.7 Å². The van der Waals surface area contributed by atoms with E-state index in [-0.39, 0.29) is 25.1 Å². The van der Waals surface area contributed by atoms with E-state index in [9.17, 15) is 23.9 Å². The van der Waals surface area contributed by atoms with Gasteiger partial charge < -0.3 is 24.6 Å². The van der Waals surface area contributed by atoms with Crippen LogP contribution in [0.3, 0.4) is 0 Å². The Balaban J connectivity index is 1.49. The van der Waals surface area contributed by atoms with E-state index in [2.05, 4.69) is 25.0 Å². The van der Waals surface area contributed by atoms with Gasteiger partial charge in [0.05, 0.1) is 6.54 Å². The molecule has 2 aromatic carbocycles. The van der Waals surface area contributed by atoms with Gasteiger partial charge in [0.1, 0.15) is 12.5 Å². The topological polar surface area (TPSA) is 104 Å². The number of urea groups is 1. The molecule has 1 aromatic heterocycles. The second kappa shape index (κ2) is 10.1. The molecule has 0 radical (unpaired) electrons. The Hall–Kier alpha value is -3.70. The standard InChI is InChI=1S/C28H33FN4O5Si/c1-39(2,3)14-13-38-18-33-26(36)28(30-27(33)37,17-31-16-19-6-9-21(29)15-23(19)25(31)35)20-7-10-22(11-8-20)32-12-4-5-24(32)34/h6-11,15-16,35H,4-5,12-14,17-18H2,1-3H3,(H,30,37)/t28-/m0/s1. The highest BCUT2D eigenvalue weighted by molar-refractivity contribution is 6.76. The zero-order chi connectivity index (χ0) is 27.9. The minimum atomic E-state index is -1.56. The largest absolute Gasteiger partial charge is 0.494 e. The molecule has 0 saturated carbocycles. The molecule has 2 N–H and O–H groups in total. The van der Waals surface area contributed by atoms with E-state index in [1.807, 2.05) is 0 Å². The number of carbonyl (C=O) groups excluding carboxylic acids is 3. The zero-order valence-electron chi connectivity index (χ0n) is 22.4. The molecule has 2 fully saturated rings. The Bertz CT molecular complexity index is 1430. The first-order valence-electron chi connectivity index (χ1n) is 13.1. The quantitative estimate of drug-likeness (QED) is 0.233. The molecule has 3 heterocycles. The Morgan fingerprint density at radius 3 is 2.51 bits per heavy atom. The van der Waals surface area contributed by atoms with Crippen molar-refractivity contribution in [3.05, 3.63) is 60.0 Å². The smallest absolute Gasteiger partial charge is 0.327 e. The summed E-state index contributed by atoms with van der Waals surface area (Å²) in [6, 6.07) is 11.3. The van der Waals surface area contributed by atoms with Crippen LogP contribution in [0.25, 0.3) is 10.8 Å². The molecule has 0 unspecified atom stereocenters. The summed E-state index contributed by atoms with van der Waals surface area (Å²) in [5.41, 5.74) is -0.355. The van der Waals surface area contributed by atoms with E-state index in [4.69, 9.17) is 4.74 Å². The number of carbonyl (C=O) groups is 3. The number of aromatic nitrogens is 1. The average Bonchev–Trinajstić information content (AvgIpc) is 3.52. The number of hydrogen-bond donors (Lipinski definition) is 2. The molecule has 4 amide bonds. The lowest BCUT2D eigenvalue weighted by atomic mass is 9.89. The first kappa shape index (κ1) is 26.9. The highest BCUT2D eigenvalue weighted by Crippen LogP contribution is 2.36. The number of amides is 4. The third-order valence-corrected chi connectivity index (χ3v) is 9.07. The first-order chi connectivity index (χ1) is 18.5. The predicted octanol–water partition coefficient (Wildman–Crippen LogP) is 4.37. The van der Waals surface area contributed by atoms with Crippen LogP contribution in [-0.4, -0.2) is 60.4 Å². The SMILES string of the molecule is C[Si](C)(C)CCOCN1C(=O)N[C@@](Cn2cc3ccc(F)cc3c2O)(c2ccc(N3CCCC3=O)cc2)C1=O. The maximum absolute atomic E-state index is 14.0. The molecule has 2 aliphatic heterocycles. The average molecular weight is 553 g/mol. The van der Waals surface area contributed by atoms with Gasteiger partial charge in [-0.2, -0.15) is 0 Å². The van der Waals surface area contributed by atoms with Crippen LogP contribution in [0.4, 0.5) is 14.9 Å². The number of nitrogens with zero attached hydrogens (tertiary/aromatic N) is 3. The first-order valence-corrected chi connectivity index (χ1v) is 16.8. The molecular weight excluding hydrogens is 519 g/mol. The Labute approximate surface area is 227 Å². The summed E-state index contributed by atoms with van der Waals surface area (Å²) in [6.45, 7) is 7.39. The van der Waals surface area contributed by atoms with Crippen LogP contribution in [0.1, 0.15) is 18.4 Å². The van der Waals surface area contributed by atoms with Gasteiger partial charge in [0.15, 0.2) is 11.4 Å². The van der Waals surface area contributed by atoms with Gasteiger partial charge in [-0.25, -0.2) is 14.1 Å². The summed E-state index contributed by atoms with van der Waals surface area (Å²) in [5.74, 6) is -1.19. The number of nitrogens with one attached hydrogen (secondary N) is 1. The fraction of sp³-hybridized carbons (Fsp3) is 0.393. The number of imide groups is 1. The predicted molar refractivity (Wildman–Crippen MR) is 148 cm³/mol. The van der Waals surface area contributed by atoms with Crippen LogP contribution < -0.4 is 10.2 Å². The molecule has 206 valence electrons. The molecule has 9 nitrogen and oxygen atoms in total. The highest BCUT2D eigenvalue weighted by atomic mass is 28.3. The van der Waals surface area contributed by atoms with E-state index < -0.39 is 31.4 Å². The molecule has 11 heteroatoms. The normalized spacial score (nSPS) is 19.9.